The summed E-state index contributed by atoms with van der Waals surface area (Å²) in [5.41, 5.74) is 6.04. The van der Waals surface area contributed by atoms with E-state index in [9.17, 15) is 9.50 Å². The molecule has 0 aliphatic heterocycles. The van der Waals surface area contributed by atoms with Gasteiger partial charge in [0.05, 0.1) is 7.11 Å². The molecule has 0 unspecified atom stereocenters. The summed E-state index contributed by atoms with van der Waals surface area (Å²) in [5, 5.41) is 9.66. The van der Waals surface area contributed by atoms with Crippen molar-refractivity contribution in [3.05, 3.63) is 23.5 Å². The van der Waals surface area contributed by atoms with Gasteiger partial charge in [0.15, 0.2) is 11.6 Å². The number of benzene rings is 1. The van der Waals surface area contributed by atoms with E-state index in [2.05, 4.69) is 0 Å². The zero-order chi connectivity index (χ0) is 13.2. The van der Waals surface area contributed by atoms with Crippen molar-refractivity contribution in [1.29, 1.82) is 0 Å². The zero-order valence-electron chi connectivity index (χ0n) is 10.7. The molecule has 100 valence electrons. The molecule has 0 spiro atoms. The first kappa shape index (κ1) is 13.1. The van der Waals surface area contributed by atoms with E-state index in [1.54, 1.807) is 6.07 Å². The van der Waals surface area contributed by atoms with E-state index in [0.29, 0.717) is 17.9 Å². The summed E-state index contributed by atoms with van der Waals surface area (Å²) in [5.74, 6) is -0.437. The van der Waals surface area contributed by atoms with Gasteiger partial charge < -0.3 is 15.6 Å². The molecule has 1 fully saturated rings. The molecule has 4 heteroatoms. The van der Waals surface area contributed by atoms with Crippen molar-refractivity contribution in [1.82, 2.24) is 0 Å². The molecule has 0 aromatic heterocycles. The molecule has 1 aromatic rings. The molecule has 3 N–H and O–H groups in total. The molecule has 3 nitrogen and oxygen atoms in total. The SMILES string of the molecule is COc1cc(O)c(F)c(C2(CN)CCCCC2)c1. The van der Waals surface area contributed by atoms with E-state index in [1.807, 2.05) is 0 Å². The number of hydrogen-bond donors (Lipinski definition) is 2. The fourth-order valence-corrected chi connectivity index (χ4v) is 2.90. The van der Waals surface area contributed by atoms with Gasteiger partial charge in [0.2, 0.25) is 0 Å². The largest absolute Gasteiger partial charge is 0.505 e. The van der Waals surface area contributed by atoms with Crippen molar-refractivity contribution in [3.63, 3.8) is 0 Å². The quantitative estimate of drug-likeness (QED) is 0.870. The number of rotatable bonds is 3. The van der Waals surface area contributed by atoms with Crippen molar-refractivity contribution in [3.8, 4) is 11.5 Å². The number of phenols is 1. The molecule has 0 heterocycles. The highest BCUT2D eigenvalue weighted by Gasteiger charge is 2.36. The van der Waals surface area contributed by atoms with Crippen molar-refractivity contribution in [2.45, 2.75) is 37.5 Å². The first-order valence-electron chi connectivity index (χ1n) is 6.40. The van der Waals surface area contributed by atoms with E-state index >= 15 is 0 Å². The summed E-state index contributed by atoms with van der Waals surface area (Å²) in [6, 6.07) is 2.97. The van der Waals surface area contributed by atoms with Crippen molar-refractivity contribution >= 4 is 0 Å². The molecule has 2 rings (SSSR count). The molecule has 0 atom stereocenters. The number of ether oxygens (including phenoxy) is 1. The molecule has 1 aromatic carbocycles. The molecular formula is C14H20FNO2. The van der Waals surface area contributed by atoms with Crippen LogP contribution in [0.15, 0.2) is 12.1 Å². The maximum absolute atomic E-state index is 14.2. The minimum atomic E-state index is -0.553. The van der Waals surface area contributed by atoms with Crippen LogP contribution in [-0.2, 0) is 5.41 Å². The highest BCUT2D eigenvalue weighted by Crippen LogP contribution is 2.42. The van der Waals surface area contributed by atoms with Crippen molar-refractivity contribution < 1.29 is 14.2 Å². The van der Waals surface area contributed by atoms with Crippen LogP contribution in [0.3, 0.4) is 0 Å². The number of methoxy groups -OCH3 is 1. The molecule has 0 amide bonds. The summed E-state index contributed by atoms with van der Waals surface area (Å²) in [4.78, 5) is 0. The Hall–Kier alpha value is -1.29. The highest BCUT2D eigenvalue weighted by molar-refractivity contribution is 5.43. The second-order valence-corrected chi connectivity index (χ2v) is 5.05. The molecule has 1 saturated carbocycles. The third kappa shape index (κ3) is 2.17. The first-order valence-corrected chi connectivity index (χ1v) is 6.40. The van der Waals surface area contributed by atoms with E-state index in [-0.39, 0.29) is 11.2 Å². The van der Waals surface area contributed by atoms with Crippen molar-refractivity contribution in [2.24, 2.45) is 5.73 Å². The average molecular weight is 253 g/mol. The van der Waals surface area contributed by atoms with E-state index in [1.165, 1.54) is 19.6 Å². The van der Waals surface area contributed by atoms with Crippen LogP contribution >= 0.6 is 0 Å². The Balaban J connectivity index is 2.50. The Morgan fingerprint density at radius 2 is 2.00 bits per heavy atom. The van der Waals surface area contributed by atoms with Gasteiger partial charge >= 0.3 is 0 Å². The average Bonchev–Trinajstić information content (AvgIpc) is 2.42. The van der Waals surface area contributed by atoms with Gasteiger partial charge in [-0.2, -0.15) is 0 Å². The fraction of sp³-hybridized carbons (Fsp3) is 0.571. The van der Waals surface area contributed by atoms with Gasteiger partial charge in [-0.15, -0.1) is 0 Å². The Morgan fingerprint density at radius 3 is 2.56 bits per heavy atom. The minimum Gasteiger partial charge on any atom is -0.505 e. The van der Waals surface area contributed by atoms with Crippen LogP contribution in [0.5, 0.6) is 11.5 Å². The van der Waals surface area contributed by atoms with Gasteiger partial charge in [0, 0.05) is 23.6 Å². The molecule has 1 aliphatic carbocycles. The van der Waals surface area contributed by atoms with Crippen LogP contribution in [-0.4, -0.2) is 18.8 Å². The third-order valence-corrected chi connectivity index (χ3v) is 4.04. The number of nitrogens with two attached hydrogens (primary N) is 1. The minimum absolute atomic E-state index is 0.353. The Labute approximate surface area is 107 Å². The van der Waals surface area contributed by atoms with Gasteiger partial charge in [-0.25, -0.2) is 4.39 Å². The normalized spacial score (nSPS) is 18.6. The molecule has 0 bridgehead atoms. The van der Waals surface area contributed by atoms with Crippen LogP contribution in [0.25, 0.3) is 0 Å². The van der Waals surface area contributed by atoms with E-state index in [4.69, 9.17) is 10.5 Å². The Kier molecular flexibility index (Phi) is 3.76. The highest BCUT2D eigenvalue weighted by atomic mass is 19.1. The van der Waals surface area contributed by atoms with E-state index < -0.39 is 5.82 Å². The Morgan fingerprint density at radius 1 is 1.33 bits per heavy atom. The topological polar surface area (TPSA) is 55.5 Å². The molecule has 0 radical (unpaired) electrons. The first-order chi connectivity index (χ1) is 8.63. The monoisotopic (exact) mass is 253 g/mol. The van der Waals surface area contributed by atoms with Crippen LogP contribution in [0, 0.1) is 5.82 Å². The molecule has 0 saturated heterocycles. The van der Waals surface area contributed by atoms with Gasteiger partial charge in [0.25, 0.3) is 0 Å². The van der Waals surface area contributed by atoms with Gasteiger partial charge in [-0.05, 0) is 18.9 Å². The lowest BCUT2D eigenvalue weighted by atomic mass is 9.69. The van der Waals surface area contributed by atoms with Crippen LogP contribution in [0.2, 0.25) is 0 Å². The molecular weight excluding hydrogens is 233 g/mol. The summed E-state index contributed by atoms with van der Waals surface area (Å²) in [6.45, 7) is 0.399. The Bertz CT molecular complexity index is 428. The third-order valence-electron chi connectivity index (χ3n) is 4.04. The summed E-state index contributed by atoms with van der Waals surface area (Å²) in [7, 11) is 1.51. The summed E-state index contributed by atoms with van der Waals surface area (Å²) < 4.78 is 19.3. The van der Waals surface area contributed by atoms with Crippen LogP contribution in [0.1, 0.15) is 37.7 Å². The molecule has 18 heavy (non-hydrogen) atoms. The molecule has 1 aliphatic rings. The second-order valence-electron chi connectivity index (χ2n) is 5.05. The number of aromatic hydroxyl groups is 1. The van der Waals surface area contributed by atoms with Gasteiger partial charge in [-0.1, -0.05) is 19.3 Å². The van der Waals surface area contributed by atoms with Crippen molar-refractivity contribution in [2.75, 3.05) is 13.7 Å². The standard InChI is InChI=1S/C14H20FNO2/c1-18-10-7-11(13(15)12(17)8-10)14(9-16)5-3-2-4-6-14/h7-8,17H,2-6,9,16H2,1H3. The maximum Gasteiger partial charge on any atom is 0.168 e. The smallest absolute Gasteiger partial charge is 0.168 e. The lowest BCUT2D eigenvalue weighted by Crippen LogP contribution is -2.38. The predicted molar refractivity (Wildman–Crippen MR) is 68.4 cm³/mol. The fourth-order valence-electron chi connectivity index (χ4n) is 2.90. The lowest BCUT2D eigenvalue weighted by molar-refractivity contribution is 0.285. The maximum atomic E-state index is 14.2. The summed E-state index contributed by atoms with van der Waals surface area (Å²) in [6.07, 6.45) is 5.00. The predicted octanol–water partition coefficient (Wildman–Crippen LogP) is 2.70. The van der Waals surface area contributed by atoms with Gasteiger partial charge in [-0.3, -0.25) is 0 Å². The number of halogens is 1. The number of hydrogen-bond acceptors (Lipinski definition) is 3. The zero-order valence-corrected chi connectivity index (χ0v) is 10.7. The lowest BCUT2D eigenvalue weighted by Gasteiger charge is -2.37. The second kappa shape index (κ2) is 5.14. The summed E-state index contributed by atoms with van der Waals surface area (Å²) >= 11 is 0. The van der Waals surface area contributed by atoms with E-state index in [0.717, 1.165) is 25.7 Å². The number of phenolic OH excluding ortho intramolecular Hbond substituents is 1. The van der Waals surface area contributed by atoms with Gasteiger partial charge in [0.1, 0.15) is 5.75 Å². The van der Waals surface area contributed by atoms with Crippen LogP contribution in [0.4, 0.5) is 4.39 Å². The van der Waals surface area contributed by atoms with Crippen LogP contribution < -0.4 is 10.5 Å².